The van der Waals surface area contributed by atoms with Crippen LogP contribution in [0.5, 0.6) is 0 Å². The molecule has 0 rings (SSSR count). The molecule has 74 valence electrons. The number of hydrogen-bond donors (Lipinski definition) is 0. The van der Waals surface area contributed by atoms with E-state index in [0.29, 0.717) is 0 Å². The summed E-state index contributed by atoms with van der Waals surface area (Å²) in [6, 6.07) is 0. The maximum absolute atomic E-state index is 10.5. The zero-order valence-electron chi connectivity index (χ0n) is 8.45. The minimum absolute atomic E-state index is 0.0367. The van der Waals surface area contributed by atoms with Crippen LogP contribution in [-0.2, 0) is 9.53 Å². The van der Waals surface area contributed by atoms with E-state index in [0.717, 1.165) is 19.3 Å². The Kier molecular flexibility index (Phi) is 6.98. The fraction of sp³-hybridized carbons (Fsp3) is 0.545. The normalized spacial score (nSPS) is 12.8. The first-order chi connectivity index (χ1) is 6.16. The van der Waals surface area contributed by atoms with Gasteiger partial charge in [0.2, 0.25) is 0 Å². The van der Waals surface area contributed by atoms with Gasteiger partial charge < -0.3 is 4.74 Å². The molecular weight excluding hydrogens is 164 g/mol. The quantitative estimate of drug-likeness (QED) is 0.358. The second-order valence-electron chi connectivity index (χ2n) is 3.01. The van der Waals surface area contributed by atoms with Gasteiger partial charge in [-0.2, -0.15) is 0 Å². The third-order valence-electron chi connectivity index (χ3n) is 1.62. The van der Waals surface area contributed by atoms with Crippen LogP contribution >= 0.6 is 0 Å². The first-order valence-corrected chi connectivity index (χ1v) is 4.61. The summed E-state index contributed by atoms with van der Waals surface area (Å²) in [5, 5.41) is 0. The lowest BCUT2D eigenvalue weighted by Crippen LogP contribution is -2.11. The van der Waals surface area contributed by atoms with Crippen LogP contribution in [0.25, 0.3) is 0 Å². The Morgan fingerprint density at radius 1 is 1.62 bits per heavy atom. The molecule has 0 N–H and O–H groups in total. The largest absolute Gasteiger partial charge is 0.463 e. The maximum atomic E-state index is 10.5. The van der Waals surface area contributed by atoms with Crippen LogP contribution in [0, 0.1) is 0 Å². The van der Waals surface area contributed by atoms with Crippen molar-refractivity contribution in [1.29, 1.82) is 0 Å². The molecule has 0 aliphatic heterocycles. The summed E-state index contributed by atoms with van der Waals surface area (Å²) in [4.78, 5) is 10.5. The van der Waals surface area contributed by atoms with Gasteiger partial charge in [0.25, 0.3) is 0 Å². The van der Waals surface area contributed by atoms with Crippen molar-refractivity contribution in [3.8, 4) is 0 Å². The summed E-state index contributed by atoms with van der Waals surface area (Å²) in [6.45, 7) is 6.93. The minimum Gasteiger partial charge on any atom is -0.463 e. The summed E-state index contributed by atoms with van der Waals surface area (Å²) in [5.41, 5.74) is 0. The molecule has 0 radical (unpaired) electrons. The second-order valence-corrected chi connectivity index (χ2v) is 3.01. The number of esters is 1. The second kappa shape index (κ2) is 7.59. The van der Waals surface area contributed by atoms with Gasteiger partial charge in [-0.25, -0.2) is 0 Å². The van der Waals surface area contributed by atoms with Gasteiger partial charge >= 0.3 is 5.97 Å². The van der Waals surface area contributed by atoms with Gasteiger partial charge in [-0.1, -0.05) is 24.8 Å². The lowest BCUT2D eigenvalue weighted by Gasteiger charge is -2.10. The van der Waals surface area contributed by atoms with Crippen molar-refractivity contribution in [3.63, 3.8) is 0 Å². The molecule has 0 spiro atoms. The van der Waals surface area contributed by atoms with E-state index >= 15 is 0 Å². The Balaban J connectivity index is 3.36. The lowest BCUT2D eigenvalue weighted by atomic mass is 10.1. The van der Waals surface area contributed by atoms with Crippen molar-refractivity contribution in [1.82, 2.24) is 0 Å². The van der Waals surface area contributed by atoms with E-state index < -0.39 is 0 Å². The number of carbonyl (C=O) groups is 1. The van der Waals surface area contributed by atoms with Crippen LogP contribution in [0.1, 0.15) is 33.1 Å². The van der Waals surface area contributed by atoms with Crippen LogP contribution in [-0.4, -0.2) is 12.1 Å². The van der Waals surface area contributed by atoms with Gasteiger partial charge in [0.1, 0.15) is 0 Å². The van der Waals surface area contributed by atoms with Crippen molar-refractivity contribution in [2.24, 2.45) is 0 Å². The van der Waals surface area contributed by atoms with Crippen LogP contribution in [0.15, 0.2) is 24.8 Å². The van der Waals surface area contributed by atoms with Crippen molar-refractivity contribution in [2.45, 2.75) is 39.2 Å². The van der Waals surface area contributed by atoms with E-state index in [1.807, 2.05) is 13.0 Å². The smallest absolute Gasteiger partial charge is 0.302 e. The zero-order chi connectivity index (χ0) is 10.1. The fourth-order valence-electron chi connectivity index (χ4n) is 1.06. The van der Waals surface area contributed by atoms with Gasteiger partial charge in [-0.05, 0) is 26.2 Å². The number of carbonyl (C=O) groups excluding carboxylic acids is 1. The molecule has 2 nitrogen and oxygen atoms in total. The predicted molar refractivity (Wildman–Crippen MR) is 54.4 cm³/mol. The van der Waals surface area contributed by atoms with E-state index in [1.165, 1.54) is 6.92 Å². The van der Waals surface area contributed by atoms with Crippen molar-refractivity contribution in [3.05, 3.63) is 24.8 Å². The molecule has 0 amide bonds. The van der Waals surface area contributed by atoms with Crippen LogP contribution in [0.4, 0.5) is 0 Å². The highest BCUT2D eigenvalue weighted by Gasteiger charge is 2.03. The summed E-state index contributed by atoms with van der Waals surface area (Å²) in [7, 11) is 0. The number of unbranched alkanes of at least 4 members (excludes halogenated alkanes) is 1. The highest BCUT2D eigenvalue weighted by Crippen LogP contribution is 2.05. The van der Waals surface area contributed by atoms with Gasteiger partial charge in [0.15, 0.2) is 0 Å². The van der Waals surface area contributed by atoms with Gasteiger partial charge in [-0.15, -0.1) is 0 Å². The summed E-state index contributed by atoms with van der Waals surface area (Å²) in [6.07, 6.45) is 8.76. The molecular formula is C11H18O2. The monoisotopic (exact) mass is 182 g/mol. The Morgan fingerprint density at radius 2 is 2.31 bits per heavy atom. The van der Waals surface area contributed by atoms with Gasteiger partial charge in [0.05, 0.1) is 6.10 Å². The molecule has 13 heavy (non-hydrogen) atoms. The van der Waals surface area contributed by atoms with Crippen LogP contribution in [0.2, 0.25) is 0 Å². The maximum Gasteiger partial charge on any atom is 0.302 e. The molecule has 0 aliphatic carbocycles. The van der Waals surface area contributed by atoms with E-state index in [-0.39, 0.29) is 12.1 Å². The molecule has 0 fully saturated rings. The average Bonchev–Trinajstić information content (AvgIpc) is 2.02. The van der Waals surface area contributed by atoms with Crippen molar-refractivity contribution < 1.29 is 9.53 Å². The fourth-order valence-corrected chi connectivity index (χ4v) is 1.06. The van der Waals surface area contributed by atoms with Gasteiger partial charge in [-0.3, -0.25) is 4.79 Å². The summed E-state index contributed by atoms with van der Waals surface area (Å²) in [5.74, 6) is -0.200. The number of hydrogen-bond acceptors (Lipinski definition) is 2. The van der Waals surface area contributed by atoms with Gasteiger partial charge in [0, 0.05) is 6.92 Å². The molecule has 0 bridgehead atoms. The molecule has 0 aromatic rings. The lowest BCUT2D eigenvalue weighted by molar-refractivity contribution is -0.145. The average molecular weight is 182 g/mol. The van der Waals surface area contributed by atoms with E-state index in [1.54, 1.807) is 6.08 Å². The Hall–Kier alpha value is -1.05. The molecule has 0 aliphatic rings. The Morgan fingerprint density at radius 3 is 2.85 bits per heavy atom. The standard InChI is InChI=1S/C11H18O2/c1-4-5-6-7-8-9-10(2)13-11(3)12/h4-6,10H,1,7-9H2,2-3H3/b6-5-/t10-/m0/s1. The first-order valence-electron chi connectivity index (χ1n) is 4.61. The number of allylic oxidation sites excluding steroid dienone is 3. The Labute approximate surface area is 80.3 Å². The molecule has 0 unspecified atom stereocenters. The molecule has 1 atom stereocenters. The van der Waals surface area contributed by atoms with Crippen molar-refractivity contribution >= 4 is 5.97 Å². The molecule has 0 heterocycles. The molecule has 0 saturated carbocycles. The highest BCUT2D eigenvalue weighted by atomic mass is 16.5. The van der Waals surface area contributed by atoms with E-state index in [2.05, 4.69) is 12.7 Å². The molecule has 2 heteroatoms. The van der Waals surface area contributed by atoms with Crippen LogP contribution in [0.3, 0.4) is 0 Å². The van der Waals surface area contributed by atoms with Crippen molar-refractivity contribution in [2.75, 3.05) is 0 Å². The van der Waals surface area contributed by atoms with E-state index in [9.17, 15) is 4.79 Å². The molecule has 0 aromatic heterocycles. The topological polar surface area (TPSA) is 26.3 Å². The summed E-state index contributed by atoms with van der Waals surface area (Å²) < 4.78 is 4.97. The third kappa shape index (κ3) is 8.86. The predicted octanol–water partition coefficient (Wildman–Crippen LogP) is 2.85. The zero-order valence-corrected chi connectivity index (χ0v) is 8.45. The first kappa shape index (κ1) is 11.9. The van der Waals surface area contributed by atoms with Crippen LogP contribution < -0.4 is 0 Å². The minimum atomic E-state index is -0.200. The molecule has 0 aromatic carbocycles. The molecule has 0 saturated heterocycles. The Bertz CT molecular complexity index is 183. The number of ether oxygens (including phenoxy) is 1. The highest BCUT2D eigenvalue weighted by molar-refractivity contribution is 5.66. The van der Waals surface area contributed by atoms with E-state index in [4.69, 9.17) is 4.74 Å². The summed E-state index contributed by atoms with van der Waals surface area (Å²) >= 11 is 0. The third-order valence-corrected chi connectivity index (χ3v) is 1.62. The number of rotatable bonds is 6. The SMILES string of the molecule is C=C/C=C\CCC[C@H](C)OC(C)=O.